The second kappa shape index (κ2) is 7.86. The first kappa shape index (κ1) is 20.0. The minimum Gasteiger partial charge on any atom is -0.440 e. The van der Waals surface area contributed by atoms with Gasteiger partial charge in [0.05, 0.1) is 18.3 Å². The fourth-order valence-electron chi connectivity index (χ4n) is 4.56. The predicted molar refractivity (Wildman–Crippen MR) is 115 cm³/mol. The number of rotatable bonds is 4. The Hall–Kier alpha value is -3.27. The molecular weight excluding hydrogens is 376 g/mol. The van der Waals surface area contributed by atoms with E-state index >= 15 is 0 Å². The van der Waals surface area contributed by atoms with Crippen LogP contribution in [0.2, 0.25) is 0 Å². The van der Waals surface area contributed by atoms with Crippen molar-refractivity contribution in [3.63, 3.8) is 0 Å². The van der Waals surface area contributed by atoms with E-state index < -0.39 is 0 Å². The average Bonchev–Trinajstić information content (AvgIpc) is 3.29. The van der Waals surface area contributed by atoms with Crippen molar-refractivity contribution in [3.8, 4) is 6.07 Å². The molecule has 3 heterocycles. The van der Waals surface area contributed by atoms with Gasteiger partial charge in [-0.15, -0.1) is 0 Å². The van der Waals surface area contributed by atoms with Gasteiger partial charge in [-0.3, -0.25) is 9.36 Å². The number of ether oxygens (including phenoxy) is 1. The molecule has 156 valence electrons. The Morgan fingerprint density at radius 2 is 1.87 bits per heavy atom. The fraction of sp³-hybridized carbons (Fsp3) is 0.435. The summed E-state index contributed by atoms with van der Waals surface area (Å²) >= 11 is 0. The zero-order valence-electron chi connectivity index (χ0n) is 18.1. The third-order valence-corrected chi connectivity index (χ3v) is 6.23. The molecule has 1 atom stereocenters. The van der Waals surface area contributed by atoms with Gasteiger partial charge in [0.25, 0.3) is 0 Å². The zero-order valence-corrected chi connectivity index (χ0v) is 18.1. The van der Waals surface area contributed by atoms with Crippen LogP contribution < -0.4 is 5.73 Å². The van der Waals surface area contributed by atoms with Gasteiger partial charge >= 0.3 is 0 Å². The summed E-state index contributed by atoms with van der Waals surface area (Å²) in [5.41, 5.74) is 13.3. The molecule has 2 N–H and O–H groups in total. The molecule has 1 aliphatic carbocycles. The van der Waals surface area contributed by atoms with Crippen molar-refractivity contribution in [3.05, 3.63) is 63.3 Å². The van der Waals surface area contributed by atoms with Crippen LogP contribution in [0.1, 0.15) is 61.5 Å². The molecule has 7 heteroatoms. The summed E-state index contributed by atoms with van der Waals surface area (Å²) in [6.45, 7) is 9.90. The molecule has 2 aliphatic rings. The van der Waals surface area contributed by atoms with Crippen LogP contribution in [0.5, 0.6) is 0 Å². The summed E-state index contributed by atoms with van der Waals surface area (Å²) in [4.78, 5) is 0. The van der Waals surface area contributed by atoms with Gasteiger partial charge < -0.3 is 10.5 Å². The van der Waals surface area contributed by atoms with Gasteiger partial charge in [0.15, 0.2) is 0 Å². The molecule has 0 aromatic carbocycles. The molecule has 0 radical (unpaired) electrons. The molecule has 0 fully saturated rings. The van der Waals surface area contributed by atoms with Crippen LogP contribution >= 0.6 is 0 Å². The summed E-state index contributed by atoms with van der Waals surface area (Å²) in [6, 6.07) is 2.30. The minimum atomic E-state index is -0.206. The first-order valence-electron chi connectivity index (χ1n) is 10.6. The maximum Gasteiger partial charge on any atom is 0.205 e. The van der Waals surface area contributed by atoms with Gasteiger partial charge in [-0.05, 0) is 64.2 Å². The molecule has 4 rings (SSSR count). The topological polar surface area (TPSA) is 94.7 Å². The summed E-state index contributed by atoms with van der Waals surface area (Å²) in [6.07, 6.45) is 8.72. The smallest absolute Gasteiger partial charge is 0.205 e. The van der Waals surface area contributed by atoms with E-state index in [0.717, 1.165) is 71.8 Å². The van der Waals surface area contributed by atoms with Gasteiger partial charge in [-0.1, -0.05) is 0 Å². The molecule has 0 saturated carbocycles. The number of aryl methyl sites for hydroxylation is 2. The van der Waals surface area contributed by atoms with Crippen LogP contribution in [-0.4, -0.2) is 19.6 Å². The van der Waals surface area contributed by atoms with Gasteiger partial charge in [0.1, 0.15) is 17.4 Å². The minimum absolute atomic E-state index is 0.193. The van der Waals surface area contributed by atoms with Crippen LogP contribution in [0.4, 0.5) is 0 Å². The summed E-state index contributed by atoms with van der Waals surface area (Å²) in [5, 5.41) is 18.8. The second-order valence-electron chi connectivity index (χ2n) is 7.80. The molecule has 1 aliphatic heterocycles. The van der Waals surface area contributed by atoms with Crippen molar-refractivity contribution in [2.75, 3.05) is 0 Å². The van der Waals surface area contributed by atoms with Crippen LogP contribution in [-0.2, 0) is 17.8 Å². The van der Waals surface area contributed by atoms with E-state index in [1.54, 1.807) is 0 Å². The normalized spacial score (nSPS) is 20.4. The fourth-order valence-corrected chi connectivity index (χ4v) is 4.56. The Morgan fingerprint density at radius 3 is 2.50 bits per heavy atom. The monoisotopic (exact) mass is 404 g/mol. The van der Waals surface area contributed by atoms with E-state index in [0.29, 0.717) is 5.57 Å². The van der Waals surface area contributed by atoms with E-state index in [-0.39, 0.29) is 11.8 Å². The average molecular weight is 405 g/mol. The summed E-state index contributed by atoms with van der Waals surface area (Å²) in [5.74, 6) is 0.802. The maximum absolute atomic E-state index is 9.86. The molecule has 0 amide bonds. The van der Waals surface area contributed by atoms with Crippen molar-refractivity contribution in [2.24, 2.45) is 5.73 Å². The highest BCUT2D eigenvalue weighted by Crippen LogP contribution is 2.47. The number of allylic oxidation sites excluding steroid dienone is 3. The molecule has 0 saturated heterocycles. The van der Waals surface area contributed by atoms with Crippen molar-refractivity contribution in [1.82, 2.24) is 19.6 Å². The van der Waals surface area contributed by atoms with Crippen LogP contribution in [0.3, 0.4) is 0 Å². The van der Waals surface area contributed by atoms with Gasteiger partial charge in [0.2, 0.25) is 5.88 Å². The quantitative estimate of drug-likeness (QED) is 0.829. The van der Waals surface area contributed by atoms with E-state index in [1.807, 2.05) is 21.8 Å². The molecule has 0 bridgehead atoms. The van der Waals surface area contributed by atoms with Crippen molar-refractivity contribution in [2.45, 2.75) is 66.0 Å². The number of nitriles is 1. The van der Waals surface area contributed by atoms with Crippen molar-refractivity contribution < 1.29 is 4.74 Å². The Labute approximate surface area is 177 Å². The van der Waals surface area contributed by atoms with Crippen LogP contribution in [0.25, 0.3) is 6.08 Å². The number of hydrogen-bond donors (Lipinski definition) is 1. The predicted octanol–water partition coefficient (Wildman–Crippen LogP) is 4.07. The van der Waals surface area contributed by atoms with E-state index in [2.05, 4.69) is 50.0 Å². The van der Waals surface area contributed by atoms with Gasteiger partial charge in [-0.25, -0.2) is 0 Å². The van der Waals surface area contributed by atoms with E-state index in [1.165, 1.54) is 0 Å². The second-order valence-corrected chi connectivity index (χ2v) is 7.80. The van der Waals surface area contributed by atoms with Gasteiger partial charge in [0, 0.05) is 35.6 Å². The third-order valence-electron chi connectivity index (χ3n) is 6.23. The molecule has 30 heavy (non-hydrogen) atoms. The van der Waals surface area contributed by atoms with Gasteiger partial charge in [-0.2, -0.15) is 15.5 Å². The number of nitrogens with zero attached hydrogens (tertiary/aromatic N) is 5. The zero-order chi connectivity index (χ0) is 21.4. The number of hydrogen-bond acceptors (Lipinski definition) is 5. The Balaban J connectivity index is 1.85. The first-order valence-corrected chi connectivity index (χ1v) is 10.6. The Bertz CT molecular complexity index is 1120. The molecule has 2 aromatic rings. The third kappa shape index (κ3) is 3.13. The lowest BCUT2D eigenvalue weighted by molar-refractivity contribution is 0.277. The van der Waals surface area contributed by atoms with Crippen LogP contribution in [0, 0.1) is 25.2 Å². The summed E-state index contributed by atoms with van der Waals surface area (Å²) < 4.78 is 10.0. The lowest BCUT2D eigenvalue weighted by Gasteiger charge is -2.33. The number of aromatic nitrogens is 4. The van der Waals surface area contributed by atoms with Crippen LogP contribution in [0.15, 0.2) is 40.8 Å². The highest BCUT2D eigenvalue weighted by molar-refractivity contribution is 5.63. The molecular formula is C23H28N6O. The molecule has 0 unspecified atom stereocenters. The van der Waals surface area contributed by atoms with Crippen molar-refractivity contribution >= 4 is 6.08 Å². The SMILES string of the molecule is CCn1ncc(/C=C2\CCCC3=C2OC(N)=C(C#N)[C@H]3c2cnn(CC)c2C)c1C. The number of nitrogens with two attached hydrogens (primary N) is 1. The lowest BCUT2D eigenvalue weighted by Crippen LogP contribution is -2.24. The van der Waals surface area contributed by atoms with E-state index in [9.17, 15) is 5.26 Å². The molecule has 7 nitrogen and oxygen atoms in total. The molecule has 0 spiro atoms. The maximum atomic E-state index is 9.86. The highest BCUT2D eigenvalue weighted by atomic mass is 16.5. The highest BCUT2D eigenvalue weighted by Gasteiger charge is 2.37. The van der Waals surface area contributed by atoms with Crippen molar-refractivity contribution in [1.29, 1.82) is 5.26 Å². The lowest BCUT2D eigenvalue weighted by atomic mass is 9.77. The Kier molecular flexibility index (Phi) is 5.25. The first-order chi connectivity index (χ1) is 14.5. The van der Waals surface area contributed by atoms with E-state index in [4.69, 9.17) is 10.5 Å². The summed E-state index contributed by atoms with van der Waals surface area (Å²) in [7, 11) is 0. The molecule has 2 aromatic heterocycles. The largest absolute Gasteiger partial charge is 0.440 e. The standard InChI is InChI=1S/C23H28N6O/c1-5-28-14(3)17(12-26-28)10-16-8-7-9-18-21(19(11-24)23(25)30-22(16)18)20-13-27-29(6-2)15(20)4/h10,12-13,21H,5-9,25H2,1-4H3/b16-10+/t21-/m0/s1. The Morgan fingerprint density at radius 1 is 1.17 bits per heavy atom.